The molecule has 0 bridgehead atoms. The first-order chi connectivity index (χ1) is 8.13. The quantitative estimate of drug-likeness (QED) is 0.937. The predicted octanol–water partition coefficient (Wildman–Crippen LogP) is 3.40. The van der Waals surface area contributed by atoms with Gasteiger partial charge in [0.05, 0.1) is 17.1 Å². The smallest absolute Gasteiger partial charge is 0.126 e. The van der Waals surface area contributed by atoms with Crippen molar-refractivity contribution in [1.82, 2.24) is 14.9 Å². The van der Waals surface area contributed by atoms with Gasteiger partial charge in [-0.25, -0.2) is 4.98 Å². The van der Waals surface area contributed by atoms with Crippen molar-refractivity contribution in [2.24, 2.45) is 7.05 Å². The molecular formula is C13H18BrN3. The minimum Gasteiger partial charge on any atom is -0.330 e. The van der Waals surface area contributed by atoms with Crippen LogP contribution in [0.15, 0.2) is 22.7 Å². The SMILES string of the molecule is CCCNC(C)c1nc2cc(Br)ccc2n1C. The predicted molar refractivity (Wildman–Crippen MR) is 75.1 cm³/mol. The summed E-state index contributed by atoms with van der Waals surface area (Å²) in [5.74, 6) is 1.09. The molecule has 1 heterocycles. The third-order valence-corrected chi connectivity index (χ3v) is 3.46. The average molecular weight is 296 g/mol. The lowest BCUT2D eigenvalue weighted by atomic mass is 10.3. The van der Waals surface area contributed by atoms with Crippen LogP contribution in [-0.4, -0.2) is 16.1 Å². The maximum atomic E-state index is 4.70. The third-order valence-electron chi connectivity index (χ3n) is 2.97. The monoisotopic (exact) mass is 295 g/mol. The number of rotatable bonds is 4. The van der Waals surface area contributed by atoms with E-state index in [2.05, 4.69) is 64.9 Å². The summed E-state index contributed by atoms with van der Waals surface area (Å²) in [5.41, 5.74) is 2.22. The summed E-state index contributed by atoms with van der Waals surface area (Å²) in [6.45, 7) is 5.35. The van der Waals surface area contributed by atoms with Gasteiger partial charge in [0.1, 0.15) is 5.82 Å². The van der Waals surface area contributed by atoms with Crippen LogP contribution in [-0.2, 0) is 7.05 Å². The van der Waals surface area contributed by atoms with Crippen LogP contribution in [0.25, 0.3) is 11.0 Å². The molecule has 0 aliphatic rings. The van der Waals surface area contributed by atoms with Gasteiger partial charge in [0.25, 0.3) is 0 Å². The molecule has 2 rings (SSSR count). The molecule has 0 saturated heterocycles. The van der Waals surface area contributed by atoms with Crippen molar-refractivity contribution in [3.8, 4) is 0 Å². The second kappa shape index (κ2) is 5.19. The number of hydrogen-bond donors (Lipinski definition) is 1. The van der Waals surface area contributed by atoms with Crippen molar-refractivity contribution in [2.45, 2.75) is 26.3 Å². The van der Waals surface area contributed by atoms with E-state index in [0.717, 1.165) is 28.8 Å². The molecule has 1 atom stereocenters. The van der Waals surface area contributed by atoms with Crippen molar-refractivity contribution in [1.29, 1.82) is 0 Å². The summed E-state index contributed by atoms with van der Waals surface area (Å²) >= 11 is 3.48. The Morgan fingerprint density at radius 1 is 1.47 bits per heavy atom. The van der Waals surface area contributed by atoms with Crippen LogP contribution >= 0.6 is 15.9 Å². The molecule has 1 unspecified atom stereocenters. The Labute approximate surface area is 110 Å². The number of aryl methyl sites for hydroxylation is 1. The topological polar surface area (TPSA) is 29.9 Å². The van der Waals surface area contributed by atoms with Crippen molar-refractivity contribution in [3.63, 3.8) is 0 Å². The van der Waals surface area contributed by atoms with E-state index in [1.54, 1.807) is 0 Å². The molecular weight excluding hydrogens is 278 g/mol. The average Bonchev–Trinajstić information content (AvgIpc) is 2.63. The van der Waals surface area contributed by atoms with Crippen LogP contribution in [0.5, 0.6) is 0 Å². The number of nitrogens with one attached hydrogen (secondary N) is 1. The van der Waals surface area contributed by atoms with E-state index in [0.29, 0.717) is 0 Å². The lowest BCUT2D eigenvalue weighted by molar-refractivity contribution is 0.532. The number of halogens is 1. The van der Waals surface area contributed by atoms with Crippen LogP contribution in [0, 0.1) is 0 Å². The standard InChI is InChI=1S/C13H18BrN3/c1-4-7-15-9(2)13-16-11-8-10(14)5-6-12(11)17(13)3/h5-6,8-9,15H,4,7H2,1-3H3. The number of aromatic nitrogens is 2. The van der Waals surface area contributed by atoms with Gasteiger partial charge >= 0.3 is 0 Å². The van der Waals surface area contributed by atoms with Crippen LogP contribution in [0.2, 0.25) is 0 Å². The highest BCUT2D eigenvalue weighted by Gasteiger charge is 2.13. The van der Waals surface area contributed by atoms with Crippen LogP contribution < -0.4 is 5.32 Å². The summed E-state index contributed by atoms with van der Waals surface area (Å²) in [5, 5.41) is 3.47. The Morgan fingerprint density at radius 2 is 2.24 bits per heavy atom. The van der Waals surface area contributed by atoms with Gasteiger partial charge in [-0.05, 0) is 38.1 Å². The molecule has 0 saturated carbocycles. The van der Waals surface area contributed by atoms with Gasteiger partial charge in [-0.15, -0.1) is 0 Å². The molecule has 2 aromatic rings. The third kappa shape index (κ3) is 2.53. The Kier molecular flexibility index (Phi) is 3.84. The zero-order valence-electron chi connectivity index (χ0n) is 10.5. The summed E-state index contributed by atoms with van der Waals surface area (Å²) in [4.78, 5) is 4.70. The van der Waals surface area contributed by atoms with Gasteiger partial charge in [-0.1, -0.05) is 22.9 Å². The molecule has 1 aromatic heterocycles. The molecule has 0 aliphatic carbocycles. The van der Waals surface area contributed by atoms with E-state index in [1.807, 2.05) is 0 Å². The Hall–Kier alpha value is -0.870. The molecule has 0 fully saturated rings. The Balaban J connectivity index is 2.37. The van der Waals surface area contributed by atoms with E-state index >= 15 is 0 Å². The largest absolute Gasteiger partial charge is 0.330 e. The molecule has 1 N–H and O–H groups in total. The summed E-state index contributed by atoms with van der Waals surface area (Å²) in [6, 6.07) is 6.50. The zero-order valence-corrected chi connectivity index (χ0v) is 12.1. The molecule has 0 amide bonds. The van der Waals surface area contributed by atoms with E-state index in [4.69, 9.17) is 4.98 Å². The number of fused-ring (bicyclic) bond motifs is 1. The Bertz CT molecular complexity index is 519. The van der Waals surface area contributed by atoms with Crippen LogP contribution in [0.4, 0.5) is 0 Å². The van der Waals surface area contributed by atoms with Crippen molar-refractivity contribution in [3.05, 3.63) is 28.5 Å². The lowest BCUT2D eigenvalue weighted by Gasteiger charge is -2.12. The van der Waals surface area contributed by atoms with Crippen LogP contribution in [0.3, 0.4) is 0 Å². The molecule has 0 spiro atoms. The first kappa shape index (κ1) is 12.6. The van der Waals surface area contributed by atoms with Crippen molar-refractivity contribution in [2.75, 3.05) is 6.54 Å². The van der Waals surface area contributed by atoms with Gasteiger partial charge in [0, 0.05) is 11.5 Å². The fraction of sp³-hybridized carbons (Fsp3) is 0.462. The van der Waals surface area contributed by atoms with E-state index in [9.17, 15) is 0 Å². The number of benzene rings is 1. The van der Waals surface area contributed by atoms with Gasteiger partial charge in [-0.2, -0.15) is 0 Å². The highest BCUT2D eigenvalue weighted by Crippen LogP contribution is 2.22. The zero-order chi connectivity index (χ0) is 12.4. The minimum atomic E-state index is 0.283. The van der Waals surface area contributed by atoms with E-state index in [1.165, 1.54) is 5.52 Å². The summed E-state index contributed by atoms with van der Waals surface area (Å²) in [7, 11) is 2.07. The Morgan fingerprint density at radius 3 is 2.94 bits per heavy atom. The number of hydrogen-bond acceptors (Lipinski definition) is 2. The lowest BCUT2D eigenvalue weighted by Crippen LogP contribution is -2.22. The number of nitrogens with zero attached hydrogens (tertiary/aromatic N) is 2. The van der Waals surface area contributed by atoms with Crippen molar-refractivity contribution < 1.29 is 0 Å². The minimum absolute atomic E-state index is 0.283. The fourth-order valence-electron chi connectivity index (χ4n) is 2.03. The highest BCUT2D eigenvalue weighted by atomic mass is 79.9. The van der Waals surface area contributed by atoms with E-state index in [-0.39, 0.29) is 6.04 Å². The highest BCUT2D eigenvalue weighted by molar-refractivity contribution is 9.10. The molecule has 0 radical (unpaired) electrons. The van der Waals surface area contributed by atoms with Gasteiger partial charge in [-0.3, -0.25) is 0 Å². The molecule has 0 aliphatic heterocycles. The van der Waals surface area contributed by atoms with Gasteiger partial charge in [0.2, 0.25) is 0 Å². The molecule has 3 nitrogen and oxygen atoms in total. The number of imidazole rings is 1. The summed E-state index contributed by atoms with van der Waals surface area (Å²) in [6.07, 6.45) is 1.14. The fourth-order valence-corrected chi connectivity index (χ4v) is 2.38. The molecule has 4 heteroatoms. The molecule has 17 heavy (non-hydrogen) atoms. The van der Waals surface area contributed by atoms with Gasteiger partial charge in [0.15, 0.2) is 0 Å². The van der Waals surface area contributed by atoms with Crippen molar-refractivity contribution >= 4 is 27.0 Å². The molecule has 1 aromatic carbocycles. The van der Waals surface area contributed by atoms with E-state index < -0.39 is 0 Å². The second-order valence-electron chi connectivity index (χ2n) is 4.34. The molecule has 92 valence electrons. The maximum absolute atomic E-state index is 4.70. The van der Waals surface area contributed by atoms with Crippen LogP contribution in [0.1, 0.15) is 32.1 Å². The second-order valence-corrected chi connectivity index (χ2v) is 5.25. The first-order valence-electron chi connectivity index (χ1n) is 5.98. The maximum Gasteiger partial charge on any atom is 0.126 e. The first-order valence-corrected chi connectivity index (χ1v) is 6.78. The normalized spacial score (nSPS) is 13.2. The summed E-state index contributed by atoms with van der Waals surface area (Å²) < 4.78 is 3.23. The van der Waals surface area contributed by atoms with Gasteiger partial charge < -0.3 is 9.88 Å².